The van der Waals surface area contributed by atoms with Gasteiger partial charge in [0.15, 0.2) is 11.9 Å². The minimum atomic E-state index is -1.52. The highest BCUT2D eigenvalue weighted by Gasteiger charge is 2.26. The molecule has 1 aromatic heterocycles. The molecular formula is C14H25N7O6. The number of carbonyl (C=O) groups is 3. The molecule has 10 N–H and O–H groups in total. The van der Waals surface area contributed by atoms with Crippen LogP contribution in [-0.4, -0.2) is 57.5 Å². The fraction of sp³-hybridized carbons (Fsp3) is 0.643. The number of carboxylic acids is 1. The Hall–Kier alpha value is -2.77. The predicted octanol–water partition coefficient (Wildman–Crippen LogP) is -2.14. The van der Waals surface area contributed by atoms with Crippen molar-refractivity contribution < 1.29 is 29.1 Å². The summed E-state index contributed by atoms with van der Waals surface area (Å²) in [5, 5.41) is 25.8. The van der Waals surface area contributed by atoms with Gasteiger partial charge in [-0.25, -0.2) is 9.59 Å². The number of aliphatic hydroxyl groups excluding tert-OH is 1. The lowest BCUT2D eigenvalue weighted by atomic mass is 10.1. The van der Waals surface area contributed by atoms with Crippen LogP contribution < -0.4 is 27.8 Å². The second kappa shape index (κ2) is 11.1. The molecule has 0 aliphatic carbocycles. The zero-order valence-electron chi connectivity index (χ0n) is 14.6. The highest BCUT2D eigenvalue weighted by molar-refractivity contribution is 5.83. The molecule has 1 aromatic rings. The summed E-state index contributed by atoms with van der Waals surface area (Å²) in [6.07, 6.45) is 1.76. The molecule has 27 heavy (non-hydrogen) atoms. The van der Waals surface area contributed by atoms with Crippen molar-refractivity contribution in [1.82, 2.24) is 20.8 Å². The minimum Gasteiger partial charge on any atom is -0.480 e. The molecule has 3 amide bonds. The Morgan fingerprint density at radius 3 is 2.48 bits per heavy atom. The number of carboxylic acid groups (broad SMARTS) is 1. The monoisotopic (exact) mass is 387 g/mol. The molecule has 1 heterocycles. The Labute approximate surface area is 154 Å². The van der Waals surface area contributed by atoms with Crippen molar-refractivity contribution >= 4 is 17.9 Å². The molecule has 3 atom stereocenters. The zero-order chi connectivity index (χ0) is 20.4. The first kappa shape index (κ1) is 22.3. The molecule has 0 radical (unpaired) electrons. The Bertz CT molecular complexity index is 637. The Kier molecular flexibility index (Phi) is 9.12. The van der Waals surface area contributed by atoms with E-state index in [9.17, 15) is 14.4 Å². The van der Waals surface area contributed by atoms with Crippen LogP contribution in [0.3, 0.4) is 0 Å². The summed E-state index contributed by atoms with van der Waals surface area (Å²) in [4.78, 5) is 38.1. The van der Waals surface area contributed by atoms with Gasteiger partial charge in [0, 0.05) is 0 Å². The maximum Gasteiger partial charge on any atom is 0.328 e. The molecule has 0 aromatic carbocycles. The molecule has 13 heteroatoms. The summed E-state index contributed by atoms with van der Waals surface area (Å²) in [6, 6.07) is -4.08. The second-order valence-electron chi connectivity index (χ2n) is 5.80. The maximum absolute atomic E-state index is 11.9. The number of urea groups is 1. The molecule has 0 saturated carbocycles. The van der Waals surface area contributed by atoms with Gasteiger partial charge in [-0.2, -0.15) is 4.98 Å². The average molecular weight is 387 g/mol. The fourth-order valence-corrected chi connectivity index (χ4v) is 2.12. The molecule has 0 aliphatic rings. The van der Waals surface area contributed by atoms with E-state index in [0.29, 0.717) is 13.0 Å². The third-order valence-electron chi connectivity index (χ3n) is 3.55. The van der Waals surface area contributed by atoms with Gasteiger partial charge in [-0.05, 0) is 19.4 Å². The van der Waals surface area contributed by atoms with E-state index in [1.807, 2.05) is 5.32 Å². The lowest BCUT2D eigenvalue weighted by Gasteiger charge is -2.16. The molecule has 0 unspecified atom stereocenters. The first-order valence-corrected chi connectivity index (χ1v) is 8.26. The van der Waals surface area contributed by atoms with Gasteiger partial charge in [-0.15, -0.1) is 0 Å². The van der Waals surface area contributed by atoms with E-state index in [1.54, 1.807) is 0 Å². The lowest BCUT2D eigenvalue weighted by Crippen LogP contribution is -2.49. The highest BCUT2D eigenvalue weighted by atomic mass is 16.5. The molecule has 152 valence electrons. The molecule has 0 fully saturated rings. The van der Waals surface area contributed by atoms with Crippen LogP contribution in [0.4, 0.5) is 4.79 Å². The molecule has 1 rings (SSSR count). The molecule has 0 bridgehead atoms. The Balaban J connectivity index is 2.80. The summed E-state index contributed by atoms with van der Waals surface area (Å²) in [6.45, 7) is -0.277. The van der Waals surface area contributed by atoms with Crippen molar-refractivity contribution in [1.29, 1.82) is 0 Å². The first-order chi connectivity index (χ1) is 12.8. The van der Waals surface area contributed by atoms with Gasteiger partial charge >= 0.3 is 12.0 Å². The lowest BCUT2D eigenvalue weighted by molar-refractivity contribution is -0.140. The van der Waals surface area contributed by atoms with Gasteiger partial charge in [0.25, 0.3) is 0 Å². The smallest absolute Gasteiger partial charge is 0.328 e. The summed E-state index contributed by atoms with van der Waals surface area (Å²) in [5.41, 5.74) is 16.5. The summed E-state index contributed by atoms with van der Waals surface area (Å²) >= 11 is 0. The van der Waals surface area contributed by atoms with E-state index in [2.05, 4.69) is 15.5 Å². The SMILES string of the molecule is NCCCC[C@H](N)c1noc([C@@H](CC(N)=O)NC(=O)N[C@@H](CO)C(=O)O)n1. The largest absolute Gasteiger partial charge is 0.480 e. The van der Waals surface area contributed by atoms with Crippen LogP contribution in [0.5, 0.6) is 0 Å². The van der Waals surface area contributed by atoms with Gasteiger partial charge in [0.05, 0.1) is 19.1 Å². The number of rotatable bonds is 12. The number of carbonyl (C=O) groups excluding carboxylic acids is 2. The van der Waals surface area contributed by atoms with Crippen molar-refractivity contribution in [2.75, 3.05) is 13.2 Å². The normalized spacial score (nSPS) is 14.2. The van der Waals surface area contributed by atoms with E-state index >= 15 is 0 Å². The van der Waals surface area contributed by atoms with Crippen molar-refractivity contribution in [3.8, 4) is 0 Å². The maximum atomic E-state index is 11.9. The predicted molar refractivity (Wildman–Crippen MR) is 90.9 cm³/mol. The molecule has 13 nitrogen and oxygen atoms in total. The van der Waals surface area contributed by atoms with Gasteiger partial charge in [0.1, 0.15) is 6.04 Å². The van der Waals surface area contributed by atoms with Crippen LogP contribution in [-0.2, 0) is 9.59 Å². The third kappa shape index (κ3) is 7.55. The zero-order valence-corrected chi connectivity index (χ0v) is 14.6. The number of amides is 3. The van der Waals surface area contributed by atoms with Gasteiger partial charge in [-0.1, -0.05) is 11.6 Å². The number of nitrogens with zero attached hydrogens (tertiary/aromatic N) is 2. The van der Waals surface area contributed by atoms with E-state index in [0.717, 1.165) is 12.8 Å². The van der Waals surface area contributed by atoms with E-state index in [1.165, 1.54) is 0 Å². The van der Waals surface area contributed by atoms with Crippen LogP contribution in [0.15, 0.2) is 4.52 Å². The van der Waals surface area contributed by atoms with Crippen LogP contribution in [0, 0.1) is 0 Å². The standard InChI is InChI=1S/C14H25N7O6/c15-4-2-1-3-7(16)11-20-12(27-21-11)8(5-10(17)23)18-14(26)19-9(6-22)13(24)25/h7-9,22H,1-6,15-16H2,(H2,17,23)(H,24,25)(H2,18,19,26)/t7-,8+,9-/m0/s1. The van der Waals surface area contributed by atoms with Gasteiger partial charge in [-0.3, -0.25) is 4.79 Å². The van der Waals surface area contributed by atoms with E-state index < -0.39 is 42.6 Å². The molecule has 0 saturated heterocycles. The quantitative estimate of drug-likeness (QED) is 0.192. The number of hydrogen-bond donors (Lipinski definition) is 7. The number of hydrogen-bond acceptors (Lipinski definition) is 9. The van der Waals surface area contributed by atoms with Crippen LogP contribution >= 0.6 is 0 Å². The third-order valence-corrected chi connectivity index (χ3v) is 3.55. The first-order valence-electron chi connectivity index (χ1n) is 8.26. The number of unbranched alkanes of at least 4 members (excludes halogenated alkanes) is 1. The van der Waals surface area contributed by atoms with Crippen molar-refractivity contribution in [3.63, 3.8) is 0 Å². The number of aliphatic hydroxyl groups is 1. The van der Waals surface area contributed by atoms with Crippen LogP contribution in [0.1, 0.15) is 49.5 Å². The topological polar surface area (TPSA) is 233 Å². The number of nitrogens with two attached hydrogens (primary N) is 3. The Morgan fingerprint density at radius 1 is 1.22 bits per heavy atom. The summed E-state index contributed by atoms with van der Waals surface area (Å²) < 4.78 is 5.05. The number of nitrogens with one attached hydrogen (secondary N) is 2. The second-order valence-corrected chi connectivity index (χ2v) is 5.80. The van der Waals surface area contributed by atoms with Crippen LogP contribution in [0.2, 0.25) is 0 Å². The molecule has 0 spiro atoms. The van der Waals surface area contributed by atoms with Crippen LogP contribution in [0.25, 0.3) is 0 Å². The summed E-state index contributed by atoms with van der Waals surface area (Å²) in [5.74, 6) is -2.10. The molecular weight excluding hydrogens is 362 g/mol. The number of aliphatic carboxylic acids is 1. The van der Waals surface area contributed by atoms with E-state index in [-0.39, 0.29) is 18.1 Å². The number of aromatic nitrogens is 2. The molecule has 0 aliphatic heterocycles. The fourth-order valence-electron chi connectivity index (χ4n) is 2.12. The van der Waals surface area contributed by atoms with Gasteiger partial charge < -0.3 is 42.6 Å². The van der Waals surface area contributed by atoms with Crippen molar-refractivity contribution in [2.24, 2.45) is 17.2 Å². The number of primary amides is 1. The van der Waals surface area contributed by atoms with Crippen molar-refractivity contribution in [3.05, 3.63) is 11.7 Å². The van der Waals surface area contributed by atoms with Gasteiger partial charge in [0.2, 0.25) is 11.8 Å². The van der Waals surface area contributed by atoms with E-state index in [4.69, 9.17) is 31.9 Å². The average Bonchev–Trinajstić information content (AvgIpc) is 3.08. The minimum absolute atomic E-state index is 0.107. The highest BCUT2D eigenvalue weighted by Crippen LogP contribution is 2.19. The van der Waals surface area contributed by atoms with Crippen molar-refractivity contribution in [2.45, 2.75) is 43.8 Å². The summed E-state index contributed by atoms with van der Waals surface area (Å²) in [7, 11) is 0. The Morgan fingerprint density at radius 2 is 1.93 bits per heavy atom.